The fraction of sp³-hybridized carbons (Fsp3) is 0. The molecule has 0 aliphatic heterocycles. The Hall–Kier alpha value is 3.44. The quantitative estimate of drug-likeness (QED) is 0.432. The molecule has 0 saturated heterocycles. The molecule has 0 amide bonds. The minimum atomic E-state index is -3.63. The largest absolute Gasteiger partial charge is 2.00 e. The van der Waals surface area contributed by atoms with Gasteiger partial charge in [0, 0.05) is 9.17 Å². The Morgan fingerprint density at radius 3 is 1.43 bits per heavy atom. The molecule has 0 fully saturated rings. The van der Waals surface area contributed by atoms with Crippen molar-refractivity contribution in [3.05, 3.63) is 0 Å². The minimum Gasteiger partial charge on any atom is -1.00 e. The van der Waals surface area contributed by atoms with Gasteiger partial charge in [0.15, 0.2) is 0 Å². The Morgan fingerprint density at radius 2 is 1.43 bits per heavy atom. The Labute approximate surface area is 143 Å². The summed E-state index contributed by atoms with van der Waals surface area (Å²) in [6.45, 7) is 0. The van der Waals surface area contributed by atoms with E-state index in [9.17, 15) is 0 Å². The second kappa shape index (κ2) is 16.2. The summed E-state index contributed by atoms with van der Waals surface area (Å²) < 4.78 is 8.52. The molecule has 0 atom stereocenters. The molecule has 0 heterocycles. The first kappa shape index (κ1) is 22.4. The maximum atomic E-state index is 8.52. The van der Waals surface area contributed by atoms with Crippen molar-refractivity contribution in [3.63, 3.8) is 0 Å². The molecule has 0 radical (unpaired) electrons. The molecule has 0 spiro atoms. The molecular formula is H4BaMgO3SiSr. The normalized spacial score (nSPS) is 3.43. The van der Waals surface area contributed by atoms with Crippen LogP contribution < -0.4 is 9.59 Å². The summed E-state index contributed by atoms with van der Waals surface area (Å²) >= 11 is 0. The summed E-state index contributed by atoms with van der Waals surface area (Å²) in [6, 6.07) is 0. The first-order chi connectivity index (χ1) is 1.73. The van der Waals surface area contributed by atoms with E-state index in [2.05, 4.69) is 0 Å². The molecule has 0 rings (SSSR count). The Balaban J connectivity index is -0.00000000214. The van der Waals surface area contributed by atoms with E-state index in [-0.39, 0.29) is 123 Å². The monoisotopic (exact) mass is 330 g/mol. The van der Waals surface area contributed by atoms with Gasteiger partial charge in [-0.2, -0.15) is 0 Å². The molecule has 0 unspecified atom stereocenters. The van der Waals surface area contributed by atoms with Gasteiger partial charge in [0.2, 0.25) is 0 Å². The average Bonchev–Trinajstić information content (AvgIpc) is 0.811. The predicted octanol–water partition coefficient (Wildman–Crippen LogP) is -3.57. The second-order valence-corrected chi connectivity index (χ2v) is 0.750. The topological polar surface area (TPSA) is 63.2 Å². The third kappa shape index (κ3) is 44.2. The van der Waals surface area contributed by atoms with Crippen LogP contribution in [0.1, 0.15) is 5.71 Å². The number of rotatable bonds is 0. The van der Waals surface area contributed by atoms with Crippen molar-refractivity contribution in [1.82, 2.24) is 0 Å². The van der Waals surface area contributed by atoms with E-state index in [0.717, 1.165) is 0 Å². The van der Waals surface area contributed by atoms with Crippen molar-refractivity contribution in [1.29, 1.82) is 0 Å². The molecule has 3 nitrogen and oxygen atoms in total. The summed E-state index contributed by atoms with van der Waals surface area (Å²) in [6.07, 6.45) is 0. The first-order valence-electron chi connectivity index (χ1n) is 0.612. The summed E-state index contributed by atoms with van der Waals surface area (Å²) in [7, 11) is -3.63. The number of hydrogen-bond acceptors (Lipinski definition) is 3. The minimum absolute atomic E-state index is 0. The van der Waals surface area contributed by atoms with Gasteiger partial charge in [-0.1, -0.05) is 0 Å². The molecule has 0 N–H and O–H groups in total. The van der Waals surface area contributed by atoms with Crippen molar-refractivity contribution in [2.24, 2.45) is 0 Å². The van der Waals surface area contributed by atoms with Gasteiger partial charge in [0.1, 0.15) is 0 Å². The van der Waals surface area contributed by atoms with Crippen LogP contribution in [0.15, 0.2) is 0 Å². The van der Waals surface area contributed by atoms with E-state index in [1.54, 1.807) is 0 Å². The van der Waals surface area contributed by atoms with Crippen LogP contribution in [0.2, 0.25) is 0 Å². The Kier molecular flexibility index (Phi) is 52.0. The third-order valence-corrected chi connectivity index (χ3v) is 0. The van der Waals surface area contributed by atoms with Crippen molar-refractivity contribution < 1.29 is 19.8 Å². The molecule has 0 aromatic carbocycles. The van der Waals surface area contributed by atoms with Crippen LogP contribution in [-0.2, 0) is 4.46 Å². The molecule has 32 valence electrons. The van der Waals surface area contributed by atoms with Gasteiger partial charge in [-0.3, -0.25) is 0 Å². The van der Waals surface area contributed by atoms with Gasteiger partial charge in [-0.05, 0) is 0 Å². The molecular weight excluding hydrogens is 325 g/mol. The van der Waals surface area contributed by atoms with Gasteiger partial charge in [-0.25, -0.2) is 0 Å². The Bertz CT molecular complexity index is 48.3. The van der Waals surface area contributed by atoms with Gasteiger partial charge >= 0.3 is 117 Å². The molecule has 0 aliphatic carbocycles. The van der Waals surface area contributed by atoms with E-state index in [1.165, 1.54) is 0 Å². The van der Waals surface area contributed by atoms with Crippen LogP contribution in [0.3, 0.4) is 0 Å². The summed E-state index contributed by atoms with van der Waals surface area (Å²) in [5.74, 6) is 0. The molecule has 0 aromatic rings. The molecule has 0 bridgehead atoms. The van der Waals surface area contributed by atoms with Gasteiger partial charge in [0.25, 0.3) is 0 Å². The maximum absolute atomic E-state index is 8.52. The zero-order valence-corrected chi connectivity index (χ0v) is 14.2. The van der Waals surface area contributed by atoms with Crippen LogP contribution in [-0.4, -0.2) is 127 Å². The van der Waals surface area contributed by atoms with E-state index >= 15 is 0 Å². The van der Waals surface area contributed by atoms with E-state index in [4.69, 9.17) is 14.1 Å². The van der Waals surface area contributed by atoms with Gasteiger partial charge in [0.05, 0.1) is 0 Å². The standard InChI is InChI=1S/Ba.Mg.O3Si.Sr.4H/c;;1-4(2)3;;;;;/q2*+2;-2;+2;4*-1. The van der Waals surface area contributed by atoms with Crippen molar-refractivity contribution in [3.8, 4) is 0 Å². The molecule has 0 aromatic heterocycles. The molecule has 7 heteroatoms. The molecule has 0 saturated carbocycles. The smallest absolute Gasteiger partial charge is 1.00 e. The average molecular weight is 329 g/mol. The van der Waals surface area contributed by atoms with E-state index in [1.807, 2.05) is 0 Å². The van der Waals surface area contributed by atoms with E-state index in [0.29, 0.717) is 0 Å². The number of hydrogen-bond donors (Lipinski definition) is 0. The fourth-order valence-corrected chi connectivity index (χ4v) is 0. The van der Waals surface area contributed by atoms with Crippen molar-refractivity contribution in [2.75, 3.05) is 0 Å². The first-order valence-corrected chi connectivity index (χ1v) is 1.84. The molecule has 7 heavy (non-hydrogen) atoms. The van der Waals surface area contributed by atoms with Crippen LogP contribution in [0, 0.1) is 0 Å². The zero-order chi connectivity index (χ0) is 3.58. The van der Waals surface area contributed by atoms with Crippen LogP contribution in [0.5, 0.6) is 0 Å². The van der Waals surface area contributed by atoms with Gasteiger partial charge < -0.3 is 19.8 Å². The van der Waals surface area contributed by atoms with Crippen LogP contribution >= 0.6 is 0 Å². The van der Waals surface area contributed by atoms with Gasteiger partial charge in [-0.15, -0.1) is 0 Å². The van der Waals surface area contributed by atoms with E-state index < -0.39 is 9.17 Å². The Morgan fingerprint density at radius 1 is 1.43 bits per heavy atom. The fourth-order valence-electron chi connectivity index (χ4n) is 0. The maximum Gasteiger partial charge on any atom is 2.00 e. The summed E-state index contributed by atoms with van der Waals surface area (Å²) in [5.41, 5.74) is 0. The predicted molar refractivity (Wildman–Crippen MR) is 28.2 cm³/mol. The third-order valence-electron chi connectivity index (χ3n) is 0. The van der Waals surface area contributed by atoms with Crippen LogP contribution in [0.25, 0.3) is 0 Å². The summed E-state index contributed by atoms with van der Waals surface area (Å²) in [4.78, 5) is 17.0. The van der Waals surface area contributed by atoms with Crippen molar-refractivity contribution >= 4 is 127 Å². The zero-order valence-electron chi connectivity index (χ0n) is 7.85. The SMILES string of the molecule is O=[Si]([O-])[O-].[Ba+2].[H-].[H-].[H-].[H-].[Mg+2].[Sr+2]. The molecule has 0 aliphatic rings. The van der Waals surface area contributed by atoms with Crippen LogP contribution in [0.4, 0.5) is 0 Å². The van der Waals surface area contributed by atoms with Crippen molar-refractivity contribution in [2.45, 2.75) is 0 Å². The summed E-state index contributed by atoms with van der Waals surface area (Å²) in [5, 5.41) is 0. The second-order valence-electron chi connectivity index (χ2n) is 0.250.